The van der Waals surface area contributed by atoms with Crippen LogP contribution in [0.5, 0.6) is 0 Å². The summed E-state index contributed by atoms with van der Waals surface area (Å²) in [5.74, 6) is 0. The molecule has 0 fully saturated rings. The Morgan fingerprint density at radius 2 is 1.78 bits per heavy atom. The predicted molar refractivity (Wildman–Crippen MR) is 77.5 cm³/mol. The zero-order valence-electron chi connectivity index (χ0n) is 11.4. The van der Waals surface area contributed by atoms with Gasteiger partial charge in [-0.1, -0.05) is 75.4 Å². The van der Waals surface area contributed by atoms with Crippen molar-refractivity contribution in [3.05, 3.63) is 41.5 Å². The minimum absolute atomic E-state index is 0.192. The molecule has 1 atom stereocenters. The van der Waals surface area contributed by atoms with E-state index in [0.29, 0.717) is 0 Å². The number of ether oxygens (including phenoxy) is 1. The SMILES string of the molecule is CCCCCCCCOC1C=Cc2ccccc21. The van der Waals surface area contributed by atoms with Gasteiger partial charge in [-0.3, -0.25) is 0 Å². The fourth-order valence-corrected chi connectivity index (χ4v) is 2.45. The topological polar surface area (TPSA) is 9.23 Å². The van der Waals surface area contributed by atoms with Gasteiger partial charge in [0.2, 0.25) is 0 Å². The van der Waals surface area contributed by atoms with Crippen LogP contribution < -0.4 is 0 Å². The van der Waals surface area contributed by atoms with Gasteiger partial charge in [-0.15, -0.1) is 0 Å². The van der Waals surface area contributed by atoms with Crippen molar-refractivity contribution in [2.24, 2.45) is 0 Å². The molecule has 1 aliphatic carbocycles. The average molecular weight is 244 g/mol. The number of rotatable bonds is 8. The summed E-state index contributed by atoms with van der Waals surface area (Å²) in [6.45, 7) is 3.14. The maximum absolute atomic E-state index is 5.95. The standard InChI is InChI=1S/C17H24O/c1-2-3-4-5-6-9-14-18-17-13-12-15-10-7-8-11-16(15)17/h7-8,10-13,17H,2-6,9,14H2,1H3. The van der Waals surface area contributed by atoms with E-state index in [1.54, 1.807) is 0 Å². The van der Waals surface area contributed by atoms with E-state index in [2.05, 4.69) is 43.3 Å². The van der Waals surface area contributed by atoms with Gasteiger partial charge in [0, 0.05) is 6.61 Å². The van der Waals surface area contributed by atoms with Gasteiger partial charge in [-0.25, -0.2) is 0 Å². The number of unbranched alkanes of at least 4 members (excludes halogenated alkanes) is 5. The molecule has 0 heterocycles. The smallest absolute Gasteiger partial charge is 0.102 e. The van der Waals surface area contributed by atoms with E-state index in [4.69, 9.17) is 4.74 Å². The molecule has 1 heteroatoms. The van der Waals surface area contributed by atoms with Crippen LogP contribution in [-0.4, -0.2) is 6.61 Å². The molecule has 0 spiro atoms. The van der Waals surface area contributed by atoms with Gasteiger partial charge in [0.25, 0.3) is 0 Å². The van der Waals surface area contributed by atoms with E-state index in [-0.39, 0.29) is 6.10 Å². The maximum atomic E-state index is 5.95. The van der Waals surface area contributed by atoms with Crippen molar-refractivity contribution in [2.75, 3.05) is 6.61 Å². The third-order valence-electron chi connectivity index (χ3n) is 3.55. The monoisotopic (exact) mass is 244 g/mol. The van der Waals surface area contributed by atoms with Gasteiger partial charge in [0.15, 0.2) is 0 Å². The highest BCUT2D eigenvalue weighted by Gasteiger charge is 2.16. The van der Waals surface area contributed by atoms with Crippen LogP contribution >= 0.6 is 0 Å². The Hall–Kier alpha value is -1.08. The summed E-state index contributed by atoms with van der Waals surface area (Å²) in [5.41, 5.74) is 2.63. The molecule has 0 bridgehead atoms. The van der Waals surface area contributed by atoms with E-state index < -0.39 is 0 Å². The molecule has 1 aliphatic rings. The molecule has 18 heavy (non-hydrogen) atoms. The Morgan fingerprint density at radius 1 is 1.00 bits per heavy atom. The van der Waals surface area contributed by atoms with Crippen LogP contribution in [0, 0.1) is 0 Å². The third kappa shape index (κ3) is 3.71. The van der Waals surface area contributed by atoms with Crippen molar-refractivity contribution in [3.63, 3.8) is 0 Å². The Labute approximate surface area is 111 Å². The van der Waals surface area contributed by atoms with Gasteiger partial charge in [0.1, 0.15) is 6.10 Å². The minimum atomic E-state index is 0.192. The van der Waals surface area contributed by atoms with Crippen molar-refractivity contribution < 1.29 is 4.74 Å². The van der Waals surface area contributed by atoms with Crippen LogP contribution in [0.15, 0.2) is 30.3 Å². The second-order valence-electron chi connectivity index (χ2n) is 5.05. The summed E-state index contributed by atoms with van der Waals surface area (Å²) in [6.07, 6.45) is 12.4. The highest BCUT2D eigenvalue weighted by Crippen LogP contribution is 2.30. The normalized spacial score (nSPS) is 17.1. The Kier molecular flexibility index (Phi) is 5.47. The summed E-state index contributed by atoms with van der Waals surface area (Å²) in [7, 11) is 0. The molecule has 0 amide bonds. The van der Waals surface area contributed by atoms with Crippen molar-refractivity contribution in [2.45, 2.75) is 51.6 Å². The summed E-state index contributed by atoms with van der Waals surface area (Å²) in [5, 5.41) is 0. The first kappa shape index (κ1) is 13.4. The number of fused-ring (bicyclic) bond motifs is 1. The van der Waals surface area contributed by atoms with E-state index in [9.17, 15) is 0 Å². The third-order valence-corrected chi connectivity index (χ3v) is 3.55. The molecular weight excluding hydrogens is 220 g/mol. The van der Waals surface area contributed by atoms with E-state index in [1.807, 2.05) is 0 Å². The second kappa shape index (κ2) is 7.38. The van der Waals surface area contributed by atoms with Crippen LogP contribution in [0.3, 0.4) is 0 Å². The molecule has 1 nitrogen and oxygen atoms in total. The van der Waals surface area contributed by atoms with Crippen molar-refractivity contribution in [1.29, 1.82) is 0 Å². The fourth-order valence-electron chi connectivity index (χ4n) is 2.45. The van der Waals surface area contributed by atoms with Gasteiger partial charge in [-0.05, 0) is 17.5 Å². The van der Waals surface area contributed by atoms with Crippen LogP contribution in [-0.2, 0) is 4.74 Å². The van der Waals surface area contributed by atoms with Gasteiger partial charge >= 0.3 is 0 Å². The molecule has 0 radical (unpaired) electrons. The van der Waals surface area contributed by atoms with Gasteiger partial charge < -0.3 is 4.74 Å². The summed E-state index contributed by atoms with van der Waals surface area (Å²) in [4.78, 5) is 0. The minimum Gasteiger partial charge on any atom is -0.369 e. The van der Waals surface area contributed by atoms with Crippen LogP contribution in [0.4, 0.5) is 0 Å². The van der Waals surface area contributed by atoms with Crippen molar-refractivity contribution in [1.82, 2.24) is 0 Å². The highest BCUT2D eigenvalue weighted by atomic mass is 16.5. The molecule has 0 N–H and O–H groups in total. The van der Waals surface area contributed by atoms with Crippen LogP contribution in [0.1, 0.15) is 62.7 Å². The lowest BCUT2D eigenvalue weighted by Gasteiger charge is -2.12. The summed E-state index contributed by atoms with van der Waals surface area (Å²) >= 11 is 0. The number of hydrogen-bond acceptors (Lipinski definition) is 1. The molecule has 2 rings (SSSR count). The lowest BCUT2D eigenvalue weighted by molar-refractivity contribution is 0.0839. The quantitative estimate of drug-likeness (QED) is 0.576. The zero-order chi connectivity index (χ0) is 12.6. The van der Waals surface area contributed by atoms with Crippen LogP contribution in [0.25, 0.3) is 6.08 Å². The predicted octanol–water partition coefficient (Wildman–Crippen LogP) is 5.13. The molecular formula is C17H24O. The lowest BCUT2D eigenvalue weighted by atomic mass is 10.1. The summed E-state index contributed by atoms with van der Waals surface area (Å²) < 4.78 is 5.95. The Morgan fingerprint density at radius 3 is 2.67 bits per heavy atom. The molecule has 0 aliphatic heterocycles. The average Bonchev–Trinajstić information content (AvgIpc) is 2.81. The summed E-state index contributed by atoms with van der Waals surface area (Å²) in [6, 6.07) is 8.49. The largest absolute Gasteiger partial charge is 0.369 e. The molecule has 1 unspecified atom stereocenters. The highest BCUT2D eigenvalue weighted by molar-refractivity contribution is 5.61. The molecule has 0 saturated heterocycles. The first-order valence-electron chi connectivity index (χ1n) is 7.30. The molecule has 1 aromatic rings. The maximum Gasteiger partial charge on any atom is 0.102 e. The zero-order valence-corrected chi connectivity index (χ0v) is 11.4. The first-order chi connectivity index (χ1) is 8.92. The number of hydrogen-bond donors (Lipinski definition) is 0. The Balaban J connectivity index is 1.62. The molecule has 0 aromatic heterocycles. The molecule has 1 aromatic carbocycles. The second-order valence-corrected chi connectivity index (χ2v) is 5.05. The van der Waals surface area contributed by atoms with Crippen molar-refractivity contribution in [3.8, 4) is 0 Å². The lowest BCUT2D eigenvalue weighted by Crippen LogP contribution is -2.01. The van der Waals surface area contributed by atoms with E-state index in [0.717, 1.165) is 6.61 Å². The Bertz CT molecular complexity index is 381. The van der Waals surface area contributed by atoms with Gasteiger partial charge in [-0.2, -0.15) is 0 Å². The van der Waals surface area contributed by atoms with Crippen molar-refractivity contribution >= 4 is 6.08 Å². The number of benzene rings is 1. The van der Waals surface area contributed by atoms with E-state index >= 15 is 0 Å². The molecule has 0 saturated carbocycles. The van der Waals surface area contributed by atoms with Gasteiger partial charge in [0.05, 0.1) is 0 Å². The molecule has 98 valence electrons. The first-order valence-corrected chi connectivity index (χ1v) is 7.30. The fraction of sp³-hybridized carbons (Fsp3) is 0.529. The van der Waals surface area contributed by atoms with E-state index in [1.165, 1.54) is 49.7 Å². The van der Waals surface area contributed by atoms with Crippen LogP contribution in [0.2, 0.25) is 0 Å².